The summed E-state index contributed by atoms with van der Waals surface area (Å²) in [4.78, 5) is 11.2. The molecule has 0 heterocycles. The zero-order valence-corrected chi connectivity index (χ0v) is 12.7. The largest absolute Gasteiger partial charge is 0.507 e. The molecule has 1 saturated carbocycles. The van der Waals surface area contributed by atoms with Crippen LogP contribution in [0, 0.1) is 11.8 Å². The first-order chi connectivity index (χ1) is 9.90. The SMILES string of the molecule is CCCC1CCC(C)CC1(O)c1cccc(C(=O)O)c1O. The second kappa shape index (κ2) is 6.06. The summed E-state index contributed by atoms with van der Waals surface area (Å²) in [5.74, 6) is -1.04. The molecule has 116 valence electrons. The maximum atomic E-state index is 11.2. The summed E-state index contributed by atoms with van der Waals surface area (Å²) in [6.45, 7) is 4.16. The number of hydrogen-bond donors (Lipinski definition) is 3. The summed E-state index contributed by atoms with van der Waals surface area (Å²) in [7, 11) is 0. The van der Waals surface area contributed by atoms with Crippen LogP contribution in [0.5, 0.6) is 5.75 Å². The van der Waals surface area contributed by atoms with Gasteiger partial charge >= 0.3 is 5.97 Å². The Morgan fingerprint density at radius 1 is 1.38 bits per heavy atom. The van der Waals surface area contributed by atoms with Crippen LogP contribution in [0.4, 0.5) is 0 Å². The van der Waals surface area contributed by atoms with E-state index in [4.69, 9.17) is 5.11 Å². The Balaban J connectivity index is 2.49. The van der Waals surface area contributed by atoms with Crippen LogP contribution in [0.3, 0.4) is 0 Å². The van der Waals surface area contributed by atoms with Gasteiger partial charge in [0.15, 0.2) is 0 Å². The van der Waals surface area contributed by atoms with Crippen molar-refractivity contribution in [2.45, 2.75) is 51.6 Å². The lowest BCUT2D eigenvalue weighted by molar-refractivity contribution is -0.0742. The molecule has 1 aliphatic rings. The van der Waals surface area contributed by atoms with Crippen molar-refractivity contribution in [3.8, 4) is 5.75 Å². The summed E-state index contributed by atoms with van der Waals surface area (Å²) in [5.41, 5.74) is -0.912. The highest BCUT2D eigenvalue weighted by atomic mass is 16.4. The summed E-state index contributed by atoms with van der Waals surface area (Å²) >= 11 is 0. The van der Waals surface area contributed by atoms with Crippen LogP contribution < -0.4 is 0 Å². The summed E-state index contributed by atoms with van der Waals surface area (Å²) in [6.07, 6.45) is 4.36. The molecule has 3 atom stereocenters. The van der Waals surface area contributed by atoms with Crippen LogP contribution >= 0.6 is 0 Å². The molecule has 0 radical (unpaired) electrons. The van der Waals surface area contributed by atoms with Gasteiger partial charge in [0.1, 0.15) is 11.3 Å². The number of aromatic hydroxyl groups is 1. The molecule has 1 fully saturated rings. The lowest BCUT2D eigenvalue weighted by Gasteiger charge is -2.43. The standard InChI is InChI=1S/C17H24O4/c1-3-5-12-9-8-11(2)10-17(12,21)14-7-4-6-13(15(14)18)16(19)20/h4,6-7,11-12,18,21H,3,5,8-10H2,1-2H3,(H,19,20). The Hall–Kier alpha value is -1.55. The number of carboxylic acid groups (broad SMARTS) is 1. The molecule has 0 spiro atoms. The lowest BCUT2D eigenvalue weighted by Crippen LogP contribution is -2.40. The van der Waals surface area contributed by atoms with Gasteiger partial charge in [-0.1, -0.05) is 38.8 Å². The van der Waals surface area contributed by atoms with Gasteiger partial charge in [0.25, 0.3) is 0 Å². The third-order valence-electron chi connectivity index (χ3n) is 4.71. The highest BCUT2D eigenvalue weighted by molar-refractivity contribution is 5.91. The molecule has 2 rings (SSSR count). The minimum Gasteiger partial charge on any atom is -0.507 e. The molecule has 4 nitrogen and oxygen atoms in total. The van der Waals surface area contributed by atoms with Crippen molar-refractivity contribution in [2.75, 3.05) is 0 Å². The van der Waals surface area contributed by atoms with Crippen LogP contribution in [0.1, 0.15) is 61.9 Å². The summed E-state index contributed by atoms with van der Waals surface area (Å²) in [5, 5.41) is 30.7. The van der Waals surface area contributed by atoms with E-state index >= 15 is 0 Å². The van der Waals surface area contributed by atoms with E-state index in [1.165, 1.54) is 6.07 Å². The average molecular weight is 292 g/mol. The number of rotatable bonds is 4. The predicted octanol–water partition coefficient (Wildman–Crippen LogP) is 3.51. The van der Waals surface area contributed by atoms with Crippen LogP contribution in [-0.2, 0) is 5.60 Å². The van der Waals surface area contributed by atoms with Gasteiger partial charge in [-0.25, -0.2) is 4.79 Å². The van der Waals surface area contributed by atoms with Crippen LogP contribution in [-0.4, -0.2) is 21.3 Å². The molecular formula is C17H24O4. The van der Waals surface area contributed by atoms with Crippen molar-refractivity contribution in [1.29, 1.82) is 0 Å². The van der Waals surface area contributed by atoms with Crippen molar-refractivity contribution < 1.29 is 20.1 Å². The highest BCUT2D eigenvalue weighted by Gasteiger charge is 2.44. The van der Waals surface area contributed by atoms with Crippen molar-refractivity contribution in [1.82, 2.24) is 0 Å². The molecule has 1 aromatic rings. The van der Waals surface area contributed by atoms with Gasteiger partial charge in [-0.3, -0.25) is 0 Å². The average Bonchev–Trinajstić information content (AvgIpc) is 2.42. The molecular weight excluding hydrogens is 268 g/mol. The normalized spacial score (nSPS) is 29.3. The number of aromatic carboxylic acids is 1. The van der Waals surface area contributed by atoms with E-state index in [9.17, 15) is 15.0 Å². The van der Waals surface area contributed by atoms with Crippen molar-refractivity contribution in [3.63, 3.8) is 0 Å². The topological polar surface area (TPSA) is 77.8 Å². The molecule has 0 aliphatic heterocycles. The summed E-state index contributed by atoms with van der Waals surface area (Å²) in [6, 6.07) is 4.62. The van der Waals surface area contributed by atoms with E-state index in [1.54, 1.807) is 12.1 Å². The van der Waals surface area contributed by atoms with Gasteiger partial charge in [0, 0.05) is 5.56 Å². The first-order valence-corrected chi connectivity index (χ1v) is 7.68. The first-order valence-electron chi connectivity index (χ1n) is 7.68. The van der Waals surface area contributed by atoms with E-state index < -0.39 is 11.6 Å². The quantitative estimate of drug-likeness (QED) is 0.793. The first kappa shape index (κ1) is 15.8. The highest BCUT2D eigenvalue weighted by Crippen LogP contribution is 2.48. The molecule has 21 heavy (non-hydrogen) atoms. The number of phenols is 1. The molecule has 0 saturated heterocycles. The monoisotopic (exact) mass is 292 g/mol. The van der Waals surface area contributed by atoms with Crippen LogP contribution in [0.2, 0.25) is 0 Å². The van der Waals surface area contributed by atoms with Gasteiger partial charge in [-0.2, -0.15) is 0 Å². The Bertz CT molecular complexity index is 526. The second-order valence-electron chi connectivity index (χ2n) is 6.30. The van der Waals surface area contributed by atoms with Gasteiger partial charge in [-0.15, -0.1) is 0 Å². The van der Waals surface area contributed by atoms with Crippen molar-refractivity contribution in [3.05, 3.63) is 29.3 Å². The number of benzene rings is 1. The van der Waals surface area contributed by atoms with E-state index in [0.717, 1.165) is 25.7 Å². The molecule has 3 unspecified atom stereocenters. The lowest BCUT2D eigenvalue weighted by atomic mass is 9.66. The van der Waals surface area contributed by atoms with Gasteiger partial charge in [-0.05, 0) is 37.2 Å². The summed E-state index contributed by atoms with van der Waals surface area (Å²) < 4.78 is 0. The van der Waals surface area contributed by atoms with Gasteiger partial charge in [0.05, 0.1) is 5.60 Å². The number of carboxylic acids is 1. The third kappa shape index (κ3) is 2.91. The van der Waals surface area contributed by atoms with E-state index in [2.05, 4.69) is 13.8 Å². The zero-order valence-electron chi connectivity index (χ0n) is 12.7. The fraction of sp³-hybridized carbons (Fsp3) is 0.588. The molecule has 0 bridgehead atoms. The van der Waals surface area contributed by atoms with Gasteiger partial charge < -0.3 is 15.3 Å². The maximum absolute atomic E-state index is 11.2. The van der Waals surface area contributed by atoms with Crippen molar-refractivity contribution >= 4 is 5.97 Å². The Kier molecular flexibility index (Phi) is 4.57. The van der Waals surface area contributed by atoms with E-state index in [0.29, 0.717) is 17.9 Å². The number of carbonyl (C=O) groups is 1. The predicted molar refractivity (Wildman–Crippen MR) is 80.4 cm³/mol. The molecule has 0 amide bonds. The number of hydrogen-bond acceptors (Lipinski definition) is 3. The second-order valence-corrected chi connectivity index (χ2v) is 6.30. The molecule has 4 heteroatoms. The molecule has 1 aromatic carbocycles. The third-order valence-corrected chi connectivity index (χ3v) is 4.71. The zero-order chi connectivity index (χ0) is 15.6. The van der Waals surface area contributed by atoms with E-state index in [-0.39, 0.29) is 17.2 Å². The number of para-hydroxylation sites is 1. The fourth-order valence-electron chi connectivity index (χ4n) is 3.65. The minimum absolute atomic E-state index is 0.0636. The van der Waals surface area contributed by atoms with Crippen molar-refractivity contribution in [2.24, 2.45) is 11.8 Å². The molecule has 0 aromatic heterocycles. The van der Waals surface area contributed by atoms with E-state index in [1.807, 2.05) is 0 Å². The molecule has 1 aliphatic carbocycles. The Morgan fingerprint density at radius 3 is 2.71 bits per heavy atom. The molecule has 3 N–H and O–H groups in total. The number of aliphatic hydroxyl groups is 1. The van der Waals surface area contributed by atoms with Crippen LogP contribution in [0.15, 0.2) is 18.2 Å². The minimum atomic E-state index is -1.17. The smallest absolute Gasteiger partial charge is 0.339 e. The van der Waals surface area contributed by atoms with Crippen LogP contribution in [0.25, 0.3) is 0 Å². The Morgan fingerprint density at radius 2 is 2.10 bits per heavy atom. The Labute approximate surface area is 125 Å². The van der Waals surface area contributed by atoms with Gasteiger partial charge in [0.2, 0.25) is 0 Å². The fourth-order valence-corrected chi connectivity index (χ4v) is 3.65. The maximum Gasteiger partial charge on any atom is 0.339 e.